The molecule has 1 heterocycles. The van der Waals surface area contributed by atoms with Crippen molar-refractivity contribution in [3.05, 3.63) is 0 Å². The van der Waals surface area contributed by atoms with E-state index in [2.05, 4.69) is 24.5 Å². The molecule has 0 saturated carbocycles. The molecule has 0 radical (unpaired) electrons. The van der Waals surface area contributed by atoms with E-state index in [1.807, 2.05) is 0 Å². The smallest absolute Gasteiger partial charge is 0.0600 e. The summed E-state index contributed by atoms with van der Waals surface area (Å²) < 4.78 is 5.86. The van der Waals surface area contributed by atoms with Crippen LogP contribution in [0.1, 0.15) is 52.4 Å². The first-order valence-electron chi connectivity index (χ1n) is 7.38. The molecular formula is C14H30N2O. The van der Waals surface area contributed by atoms with E-state index in [1.165, 1.54) is 38.5 Å². The Labute approximate surface area is 107 Å². The van der Waals surface area contributed by atoms with E-state index < -0.39 is 0 Å². The highest BCUT2D eigenvalue weighted by atomic mass is 16.5. The highest BCUT2D eigenvalue weighted by Gasteiger charge is 2.12. The number of nitrogens with one attached hydrogen (secondary N) is 2. The van der Waals surface area contributed by atoms with Crippen molar-refractivity contribution in [1.29, 1.82) is 0 Å². The van der Waals surface area contributed by atoms with Gasteiger partial charge in [0.2, 0.25) is 0 Å². The summed E-state index contributed by atoms with van der Waals surface area (Å²) in [5, 5.41) is 6.90. The molecule has 3 heteroatoms. The van der Waals surface area contributed by atoms with Gasteiger partial charge in [-0.05, 0) is 39.3 Å². The first kappa shape index (κ1) is 14.9. The summed E-state index contributed by atoms with van der Waals surface area (Å²) in [6.07, 6.45) is 8.15. The van der Waals surface area contributed by atoms with Crippen LogP contribution in [0.15, 0.2) is 0 Å². The molecule has 1 atom stereocenters. The topological polar surface area (TPSA) is 33.3 Å². The van der Waals surface area contributed by atoms with E-state index in [0.29, 0.717) is 12.1 Å². The van der Waals surface area contributed by atoms with Gasteiger partial charge in [-0.2, -0.15) is 0 Å². The van der Waals surface area contributed by atoms with Crippen molar-refractivity contribution in [2.75, 3.05) is 26.2 Å². The van der Waals surface area contributed by atoms with Crippen LogP contribution in [-0.2, 0) is 4.74 Å². The minimum atomic E-state index is 0.494. The molecule has 0 bridgehead atoms. The predicted molar refractivity (Wildman–Crippen MR) is 73.5 cm³/mol. The zero-order valence-corrected chi connectivity index (χ0v) is 11.6. The van der Waals surface area contributed by atoms with Crippen LogP contribution in [0.3, 0.4) is 0 Å². The molecule has 0 spiro atoms. The molecule has 0 amide bonds. The quantitative estimate of drug-likeness (QED) is 0.609. The predicted octanol–water partition coefficient (Wildman–Crippen LogP) is 2.31. The van der Waals surface area contributed by atoms with Crippen LogP contribution in [0, 0.1) is 0 Å². The fourth-order valence-corrected chi connectivity index (χ4v) is 2.30. The molecule has 102 valence electrons. The Kier molecular flexibility index (Phi) is 8.67. The molecule has 0 aromatic carbocycles. The van der Waals surface area contributed by atoms with E-state index in [-0.39, 0.29) is 0 Å². The van der Waals surface area contributed by atoms with Gasteiger partial charge in [0.15, 0.2) is 0 Å². The van der Waals surface area contributed by atoms with Crippen LogP contribution in [0.4, 0.5) is 0 Å². The number of piperidine rings is 1. The molecule has 3 nitrogen and oxygen atoms in total. The molecule has 1 unspecified atom stereocenters. The van der Waals surface area contributed by atoms with E-state index in [9.17, 15) is 0 Å². The lowest BCUT2D eigenvalue weighted by atomic mass is 10.1. The lowest BCUT2D eigenvalue weighted by Gasteiger charge is -2.23. The highest BCUT2D eigenvalue weighted by Crippen LogP contribution is 2.06. The molecule has 0 aromatic rings. The Morgan fingerprint density at radius 3 is 2.76 bits per heavy atom. The van der Waals surface area contributed by atoms with Crippen LogP contribution in [0.5, 0.6) is 0 Å². The highest BCUT2D eigenvalue weighted by molar-refractivity contribution is 4.68. The van der Waals surface area contributed by atoms with Gasteiger partial charge in [-0.15, -0.1) is 0 Å². The lowest BCUT2D eigenvalue weighted by Crippen LogP contribution is -2.35. The second-order valence-electron chi connectivity index (χ2n) is 5.17. The molecule has 1 aliphatic rings. The van der Waals surface area contributed by atoms with E-state index in [0.717, 1.165) is 26.2 Å². The van der Waals surface area contributed by atoms with E-state index >= 15 is 0 Å². The summed E-state index contributed by atoms with van der Waals surface area (Å²) in [6.45, 7) is 8.63. The summed E-state index contributed by atoms with van der Waals surface area (Å²) in [5.41, 5.74) is 0. The average molecular weight is 242 g/mol. The lowest BCUT2D eigenvalue weighted by molar-refractivity contribution is 0.0339. The SMILES string of the molecule is CCCCCC(C)NCCOC1CCNCC1. The zero-order chi connectivity index (χ0) is 12.3. The van der Waals surface area contributed by atoms with Crippen LogP contribution in [-0.4, -0.2) is 38.4 Å². The van der Waals surface area contributed by atoms with Crippen LogP contribution in [0.2, 0.25) is 0 Å². The summed E-state index contributed by atoms with van der Waals surface area (Å²) in [5.74, 6) is 0. The second-order valence-corrected chi connectivity index (χ2v) is 5.17. The van der Waals surface area contributed by atoms with E-state index in [4.69, 9.17) is 4.74 Å². The van der Waals surface area contributed by atoms with Gasteiger partial charge in [-0.25, -0.2) is 0 Å². The normalized spacial score (nSPS) is 19.4. The first-order chi connectivity index (χ1) is 8.33. The van der Waals surface area contributed by atoms with Gasteiger partial charge >= 0.3 is 0 Å². The minimum absolute atomic E-state index is 0.494. The fraction of sp³-hybridized carbons (Fsp3) is 1.00. The summed E-state index contributed by atoms with van der Waals surface area (Å²) in [4.78, 5) is 0. The molecular weight excluding hydrogens is 212 g/mol. The van der Waals surface area contributed by atoms with Crippen molar-refractivity contribution in [3.63, 3.8) is 0 Å². The summed E-state index contributed by atoms with van der Waals surface area (Å²) in [7, 11) is 0. The first-order valence-corrected chi connectivity index (χ1v) is 7.38. The van der Waals surface area contributed by atoms with Crippen molar-refractivity contribution < 1.29 is 4.74 Å². The van der Waals surface area contributed by atoms with Crippen LogP contribution < -0.4 is 10.6 Å². The Balaban J connectivity index is 1.88. The maximum atomic E-state index is 5.86. The summed E-state index contributed by atoms with van der Waals surface area (Å²) in [6, 6.07) is 0.637. The van der Waals surface area contributed by atoms with Crippen LogP contribution in [0.25, 0.3) is 0 Å². The van der Waals surface area contributed by atoms with Crippen molar-refractivity contribution >= 4 is 0 Å². The fourth-order valence-electron chi connectivity index (χ4n) is 2.30. The van der Waals surface area contributed by atoms with Gasteiger partial charge in [0.25, 0.3) is 0 Å². The van der Waals surface area contributed by atoms with Gasteiger partial charge < -0.3 is 15.4 Å². The maximum absolute atomic E-state index is 5.86. The third-order valence-electron chi connectivity index (χ3n) is 3.48. The third kappa shape index (κ3) is 7.74. The third-order valence-corrected chi connectivity index (χ3v) is 3.48. The molecule has 1 saturated heterocycles. The number of hydrogen-bond acceptors (Lipinski definition) is 3. The van der Waals surface area contributed by atoms with Gasteiger partial charge in [0.1, 0.15) is 0 Å². The summed E-state index contributed by atoms with van der Waals surface area (Å²) >= 11 is 0. The number of ether oxygens (including phenoxy) is 1. The average Bonchev–Trinajstić information content (AvgIpc) is 2.36. The van der Waals surface area contributed by atoms with Gasteiger partial charge in [-0.1, -0.05) is 26.2 Å². The zero-order valence-electron chi connectivity index (χ0n) is 11.6. The van der Waals surface area contributed by atoms with Crippen molar-refractivity contribution in [3.8, 4) is 0 Å². The monoisotopic (exact) mass is 242 g/mol. The molecule has 1 fully saturated rings. The van der Waals surface area contributed by atoms with Gasteiger partial charge in [-0.3, -0.25) is 0 Å². The van der Waals surface area contributed by atoms with Crippen LogP contribution >= 0.6 is 0 Å². The molecule has 0 aromatic heterocycles. The van der Waals surface area contributed by atoms with Crippen molar-refractivity contribution in [2.45, 2.75) is 64.5 Å². The Bertz CT molecular complexity index is 170. The minimum Gasteiger partial charge on any atom is -0.377 e. The molecule has 17 heavy (non-hydrogen) atoms. The van der Waals surface area contributed by atoms with Gasteiger partial charge in [0.05, 0.1) is 12.7 Å². The maximum Gasteiger partial charge on any atom is 0.0600 e. The standard InChI is InChI=1S/C14H30N2O/c1-3-4-5-6-13(2)16-11-12-17-14-7-9-15-10-8-14/h13-16H,3-12H2,1-2H3. The molecule has 1 rings (SSSR count). The van der Waals surface area contributed by atoms with Crippen molar-refractivity contribution in [1.82, 2.24) is 10.6 Å². The van der Waals surface area contributed by atoms with E-state index in [1.54, 1.807) is 0 Å². The van der Waals surface area contributed by atoms with Crippen molar-refractivity contribution in [2.24, 2.45) is 0 Å². The number of rotatable bonds is 9. The number of hydrogen-bond donors (Lipinski definition) is 2. The Morgan fingerprint density at radius 2 is 2.06 bits per heavy atom. The molecule has 2 N–H and O–H groups in total. The molecule has 0 aliphatic carbocycles. The number of unbranched alkanes of at least 4 members (excludes halogenated alkanes) is 2. The van der Waals surface area contributed by atoms with Gasteiger partial charge in [0, 0.05) is 12.6 Å². The second kappa shape index (κ2) is 9.86. The Morgan fingerprint density at radius 1 is 1.29 bits per heavy atom. The Hall–Kier alpha value is -0.120. The largest absolute Gasteiger partial charge is 0.377 e. The molecule has 1 aliphatic heterocycles.